The van der Waals surface area contributed by atoms with Crippen molar-refractivity contribution in [1.82, 2.24) is 15.1 Å². The highest BCUT2D eigenvalue weighted by molar-refractivity contribution is 6.39. The molecule has 7 nitrogen and oxygen atoms in total. The van der Waals surface area contributed by atoms with Crippen LogP contribution in [0.1, 0.15) is 22.8 Å². The number of piperazine rings is 1. The molecule has 9 heteroatoms. The maximum atomic E-state index is 13.8. The summed E-state index contributed by atoms with van der Waals surface area (Å²) in [5.74, 6) is -3.89. The second-order valence-corrected chi connectivity index (χ2v) is 7.49. The molecule has 0 radical (unpaired) electrons. The Kier molecular flexibility index (Phi) is 7.88. The van der Waals surface area contributed by atoms with Crippen LogP contribution in [0.4, 0.5) is 14.5 Å². The number of carbonyl (C=O) groups excluding carboxylic acids is 3. The van der Waals surface area contributed by atoms with Crippen LogP contribution in [-0.4, -0.2) is 66.8 Å². The highest BCUT2D eigenvalue weighted by Gasteiger charge is 2.26. The van der Waals surface area contributed by atoms with Crippen molar-refractivity contribution in [1.29, 1.82) is 0 Å². The molecule has 3 amide bonds. The monoisotopic (exact) mass is 444 g/mol. The summed E-state index contributed by atoms with van der Waals surface area (Å²) >= 11 is 0. The number of benzene rings is 2. The number of halogens is 2. The second-order valence-electron chi connectivity index (χ2n) is 7.49. The van der Waals surface area contributed by atoms with Crippen molar-refractivity contribution < 1.29 is 23.2 Å². The molecule has 2 aromatic carbocycles. The van der Waals surface area contributed by atoms with E-state index in [-0.39, 0.29) is 6.54 Å². The summed E-state index contributed by atoms with van der Waals surface area (Å²) in [5.41, 5.74) is 1.14. The fraction of sp³-hybridized carbons (Fsp3) is 0.348. The summed E-state index contributed by atoms with van der Waals surface area (Å²) < 4.78 is 27.7. The Morgan fingerprint density at radius 2 is 1.53 bits per heavy atom. The number of hydrogen-bond acceptors (Lipinski definition) is 4. The van der Waals surface area contributed by atoms with Crippen LogP contribution in [0.25, 0.3) is 0 Å². The molecule has 0 aliphatic carbocycles. The Labute approximate surface area is 185 Å². The predicted molar refractivity (Wildman–Crippen MR) is 116 cm³/mol. The Morgan fingerprint density at radius 3 is 2.12 bits per heavy atom. The van der Waals surface area contributed by atoms with Crippen LogP contribution in [0.2, 0.25) is 0 Å². The van der Waals surface area contributed by atoms with Crippen molar-refractivity contribution in [3.63, 3.8) is 0 Å². The lowest BCUT2D eigenvalue weighted by Crippen LogP contribution is -2.51. The zero-order chi connectivity index (χ0) is 23.1. The van der Waals surface area contributed by atoms with Gasteiger partial charge in [-0.3, -0.25) is 19.3 Å². The van der Waals surface area contributed by atoms with E-state index in [9.17, 15) is 23.2 Å². The summed E-state index contributed by atoms with van der Waals surface area (Å²) in [4.78, 5) is 39.9. The van der Waals surface area contributed by atoms with E-state index in [1.807, 2.05) is 24.0 Å². The molecule has 0 saturated carbocycles. The Hall–Kier alpha value is -3.33. The molecule has 0 spiro atoms. The topological polar surface area (TPSA) is 81.8 Å². The van der Waals surface area contributed by atoms with Gasteiger partial charge in [-0.15, -0.1) is 0 Å². The number of nitrogens with one attached hydrogen (secondary N) is 2. The quantitative estimate of drug-likeness (QED) is 0.669. The number of rotatable bonds is 6. The minimum Gasteiger partial charge on any atom is -0.347 e. The molecular weight excluding hydrogens is 418 g/mol. The van der Waals surface area contributed by atoms with E-state index >= 15 is 0 Å². The number of carbonyl (C=O) groups is 3. The lowest BCUT2D eigenvalue weighted by atomic mass is 10.1. The zero-order valence-corrected chi connectivity index (χ0v) is 17.9. The lowest BCUT2D eigenvalue weighted by Gasteiger charge is -2.34. The van der Waals surface area contributed by atoms with Gasteiger partial charge in [-0.1, -0.05) is 25.1 Å². The van der Waals surface area contributed by atoms with Crippen LogP contribution in [0.15, 0.2) is 42.5 Å². The van der Waals surface area contributed by atoms with E-state index in [0.717, 1.165) is 24.1 Å². The molecule has 170 valence electrons. The maximum Gasteiger partial charge on any atom is 0.313 e. The normalized spacial score (nSPS) is 14.2. The highest BCUT2D eigenvalue weighted by atomic mass is 19.1. The Balaban J connectivity index is 1.39. The van der Waals surface area contributed by atoms with Gasteiger partial charge in [-0.05, 0) is 36.2 Å². The SMILES string of the molecule is CCc1ccc(NC(=O)C(=O)NCCN2CCN(C(=O)c3c(F)cccc3F)CC2)cc1. The van der Waals surface area contributed by atoms with E-state index in [0.29, 0.717) is 38.4 Å². The lowest BCUT2D eigenvalue weighted by molar-refractivity contribution is -0.136. The summed E-state index contributed by atoms with van der Waals surface area (Å²) in [6.07, 6.45) is 0.886. The average molecular weight is 444 g/mol. The summed E-state index contributed by atoms with van der Waals surface area (Å²) in [6, 6.07) is 10.6. The fourth-order valence-electron chi connectivity index (χ4n) is 3.45. The van der Waals surface area contributed by atoms with Gasteiger partial charge in [0.15, 0.2) is 0 Å². The smallest absolute Gasteiger partial charge is 0.313 e. The number of amides is 3. The van der Waals surface area contributed by atoms with Crippen LogP contribution in [0.3, 0.4) is 0 Å². The molecule has 1 fully saturated rings. The van der Waals surface area contributed by atoms with Crippen LogP contribution in [0, 0.1) is 11.6 Å². The van der Waals surface area contributed by atoms with E-state index in [2.05, 4.69) is 10.6 Å². The first-order chi connectivity index (χ1) is 15.4. The van der Waals surface area contributed by atoms with Crippen molar-refractivity contribution in [2.24, 2.45) is 0 Å². The van der Waals surface area contributed by atoms with Gasteiger partial charge in [0, 0.05) is 45.0 Å². The molecule has 2 N–H and O–H groups in total. The Morgan fingerprint density at radius 1 is 0.906 bits per heavy atom. The van der Waals surface area contributed by atoms with E-state index in [4.69, 9.17) is 0 Å². The third-order valence-electron chi connectivity index (χ3n) is 5.38. The fourth-order valence-corrected chi connectivity index (χ4v) is 3.45. The molecular formula is C23H26F2N4O3. The minimum absolute atomic E-state index is 0.261. The van der Waals surface area contributed by atoms with Gasteiger partial charge in [-0.25, -0.2) is 8.78 Å². The van der Waals surface area contributed by atoms with E-state index in [1.54, 1.807) is 12.1 Å². The first-order valence-corrected chi connectivity index (χ1v) is 10.5. The van der Waals surface area contributed by atoms with Gasteiger partial charge in [-0.2, -0.15) is 0 Å². The molecule has 0 atom stereocenters. The number of aryl methyl sites for hydroxylation is 1. The minimum atomic E-state index is -0.875. The number of hydrogen-bond donors (Lipinski definition) is 2. The van der Waals surface area contributed by atoms with Crippen molar-refractivity contribution in [2.45, 2.75) is 13.3 Å². The third-order valence-corrected chi connectivity index (χ3v) is 5.38. The first kappa shape index (κ1) is 23.3. The van der Waals surface area contributed by atoms with Gasteiger partial charge in [0.1, 0.15) is 17.2 Å². The molecule has 1 saturated heterocycles. The molecule has 0 unspecified atom stereocenters. The standard InChI is InChI=1S/C23H26F2N4O3/c1-2-16-6-8-17(9-7-16)27-22(31)21(30)26-10-11-28-12-14-29(15-13-28)23(32)20-18(24)4-3-5-19(20)25/h3-9H,2,10-15H2,1H3,(H,26,30)(H,27,31). The van der Waals surface area contributed by atoms with Gasteiger partial charge in [0.25, 0.3) is 5.91 Å². The van der Waals surface area contributed by atoms with E-state index < -0.39 is 34.9 Å². The largest absolute Gasteiger partial charge is 0.347 e. The zero-order valence-electron chi connectivity index (χ0n) is 17.9. The number of anilines is 1. The average Bonchev–Trinajstić information content (AvgIpc) is 2.79. The number of nitrogens with zero attached hydrogens (tertiary/aromatic N) is 2. The van der Waals surface area contributed by atoms with Gasteiger partial charge < -0.3 is 15.5 Å². The highest BCUT2D eigenvalue weighted by Crippen LogP contribution is 2.16. The van der Waals surface area contributed by atoms with Crippen LogP contribution >= 0.6 is 0 Å². The van der Waals surface area contributed by atoms with Crippen LogP contribution in [-0.2, 0) is 16.0 Å². The summed E-state index contributed by atoms with van der Waals surface area (Å²) in [7, 11) is 0. The van der Waals surface area contributed by atoms with Crippen molar-refractivity contribution in [3.05, 3.63) is 65.2 Å². The van der Waals surface area contributed by atoms with Gasteiger partial charge in [0.05, 0.1) is 0 Å². The Bertz CT molecular complexity index is 953. The molecule has 2 aromatic rings. The van der Waals surface area contributed by atoms with Crippen LogP contribution in [0.5, 0.6) is 0 Å². The molecule has 1 aliphatic rings. The molecule has 0 bridgehead atoms. The van der Waals surface area contributed by atoms with E-state index in [1.165, 1.54) is 11.0 Å². The van der Waals surface area contributed by atoms with Crippen molar-refractivity contribution >= 4 is 23.4 Å². The molecule has 1 aliphatic heterocycles. The molecule has 0 aromatic heterocycles. The van der Waals surface area contributed by atoms with Crippen LogP contribution < -0.4 is 10.6 Å². The first-order valence-electron chi connectivity index (χ1n) is 10.5. The molecule has 32 heavy (non-hydrogen) atoms. The summed E-state index contributed by atoms with van der Waals surface area (Å²) in [6.45, 7) is 4.39. The van der Waals surface area contributed by atoms with Crippen molar-refractivity contribution in [2.75, 3.05) is 44.6 Å². The predicted octanol–water partition coefficient (Wildman–Crippen LogP) is 2.04. The second kappa shape index (κ2) is 10.8. The maximum absolute atomic E-state index is 13.8. The van der Waals surface area contributed by atoms with Gasteiger partial charge >= 0.3 is 11.8 Å². The molecule has 1 heterocycles. The van der Waals surface area contributed by atoms with Gasteiger partial charge in [0.2, 0.25) is 0 Å². The third kappa shape index (κ3) is 5.88. The van der Waals surface area contributed by atoms with Crippen molar-refractivity contribution in [3.8, 4) is 0 Å². The molecule has 3 rings (SSSR count). The summed E-state index contributed by atoms with van der Waals surface area (Å²) in [5, 5.41) is 5.13.